The number of benzene rings is 1. The molecule has 2 atom stereocenters. The zero-order valence-corrected chi connectivity index (χ0v) is 10.6. The van der Waals surface area contributed by atoms with E-state index in [-0.39, 0.29) is 11.9 Å². The molecule has 1 aliphatic heterocycles. The average Bonchev–Trinajstić information content (AvgIpc) is 2.86. The minimum Gasteiger partial charge on any atom is -0.485 e. The summed E-state index contributed by atoms with van der Waals surface area (Å²) in [6, 6.07) is 4.22. The number of hydrogen-bond acceptors (Lipinski definition) is 3. The third kappa shape index (κ3) is 2.21. The van der Waals surface area contributed by atoms with Gasteiger partial charge in [-0.3, -0.25) is 4.68 Å². The number of aliphatic hydroxyl groups excluding tert-OH is 1. The fourth-order valence-corrected chi connectivity index (χ4v) is 2.34. The van der Waals surface area contributed by atoms with E-state index in [0.717, 1.165) is 12.1 Å². The van der Waals surface area contributed by atoms with E-state index in [9.17, 15) is 9.50 Å². The Hall–Kier alpha value is -1.88. The number of hydrogen-bond donors (Lipinski definition) is 1. The van der Waals surface area contributed by atoms with Gasteiger partial charge in [0.15, 0.2) is 0 Å². The molecule has 0 amide bonds. The predicted octanol–water partition coefficient (Wildman–Crippen LogP) is 2.60. The molecular weight excluding hydrogens is 247 g/mol. The standard InChI is InChI=1S/C14H15FN2O2/c1-2-17-8-9(7-16-17)13-6-12(18)11-4-3-10(15)5-14(11)19-13/h3-5,7-8,12-13,18H,2,6H2,1H3/t12-,13?/m1/s1. The maximum Gasteiger partial charge on any atom is 0.130 e. The summed E-state index contributed by atoms with van der Waals surface area (Å²) in [5.74, 6) is 0.0452. The number of nitrogens with zero attached hydrogens (tertiary/aromatic N) is 2. The highest BCUT2D eigenvalue weighted by atomic mass is 19.1. The van der Waals surface area contributed by atoms with E-state index in [4.69, 9.17) is 4.74 Å². The summed E-state index contributed by atoms with van der Waals surface area (Å²) in [7, 11) is 0. The van der Waals surface area contributed by atoms with Crippen molar-refractivity contribution >= 4 is 0 Å². The Balaban J connectivity index is 1.91. The lowest BCUT2D eigenvalue weighted by molar-refractivity contribution is 0.0653. The molecule has 0 saturated carbocycles. The molecule has 2 aromatic rings. The van der Waals surface area contributed by atoms with Crippen LogP contribution in [0.25, 0.3) is 0 Å². The van der Waals surface area contributed by atoms with Crippen LogP contribution in [-0.4, -0.2) is 14.9 Å². The van der Waals surface area contributed by atoms with Crippen molar-refractivity contribution in [2.45, 2.75) is 32.1 Å². The van der Waals surface area contributed by atoms with Crippen LogP contribution in [0.5, 0.6) is 5.75 Å². The molecule has 100 valence electrons. The summed E-state index contributed by atoms with van der Waals surface area (Å²) < 4.78 is 20.8. The van der Waals surface area contributed by atoms with Crippen LogP contribution in [-0.2, 0) is 6.54 Å². The van der Waals surface area contributed by atoms with Crippen LogP contribution in [0.4, 0.5) is 4.39 Å². The Kier molecular flexibility index (Phi) is 2.98. The van der Waals surface area contributed by atoms with Gasteiger partial charge in [0.2, 0.25) is 0 Å². The first-order valence-corrected chi connectivity index (χ1v) is 6.34. The second-order valence-electron chi connectivity index (χ2n) is 4.67. The summed E-state index contributed by atoms with van der Waals surface area (Å²) in [5, 5.41) is 14.3. The number of aryl methyl sites for hydroxylation is 1. The SMILES string of the molecule is CCn1cc(C2C[C@@H](O)c3ccc(F)cc3O2)cn1. The van der Waals surface area contributed by atoms with Crippen LogP contribution in [0.3, 0.4) is 0 Å². The van der Waals surface area contributed by atoms with Gasteiger partial charge < -0.3 is 9.84 Å². The highest BCUT2D eigenvalue weighted by Crippen LogP contribution is 2.40. The van der Waals surface area contributed by atoms with Gasteiger partial charge in [0.1, 0.15) is 17.7 Å². The van der Waals surface area contributed by atoms with Crippen molar-refractivity contribution in [1.29, 1.82) is 0 Å². The van der Waals surface area contributed by atoms with E-state index in [1.807, 2.05) is 13.1 Å². The highest BCUT2D eigenvalue weighted by Gasteiger charge is 2.29. The molecule has 2 heterocycles. The molecule has 5 heteroatoms. The van der Waals surface area contributed by atoms with Gasteiger partial charge >= 0.3 is 0 Å². The molecule has 1 aromatic carbocycles. The van der Waals surface area contributed by atoms with E-state index < -0.39 is 6.10 Å². The molecule has 4 nitrogen and oxygen atoms in total. The van der Waals surface area contributed by atoms with Gasteiger partial charge in [0, 0.05) is 36.4 Å². The van der Waals surface area contributed by atoms with Crippen LogP contribution < -0.4 is 4.74 Å². The lowest BCUT2D eigenvalue weighted by Gasteiger charge is -2.29. The minimum atomic E-state index is -0.640. The van der Waals surface area contributed by atoms with Crippen molar-refractivity contribution in [3.63, 3.8) is 0 Å². The van der Waals surface area contributed by atoms with Crippen molar-refractivity contribution in [3.8, 4) is 5.75 Å². The van der Waals surface area contributed by atoms with Gasteiger partial charge in [-0.15, -0.1) is 0 Å². The summed E-state index contributed by atoms with van der Waals surface area (Å²) in [6.45, 7) is 2.78. The fourth-order valence-electron chi connectivity index (χ4n) is 2.34. The van der Waals surface area contributed by atoms with Gasteiger partial charge in [-0.05, 0) is 19.1 Å². The van der Waals surface area contributed by atoms with Crippen LogP contribution in [0.2, 0.25) is 0 Å². The summed E-state index contributed by atoms with van der Waals surface area (Å²) >= 11 is 0. The van der Waals surface area contributed by atoms with Crippen LogP contribution >= 0.6 is 0 Å². The molecule has 1 N–H and O–H groups in total. The molecule has 0 spiro atoms. The van der Waals surface area contributed by atoms with Gasteiger partial charge in [-0.2, -0.15) is 5.10 Å². The normalized spacial score (nSPS) is 21.8. The molecule has 0 fully saturated rings. The quantitative estimate of drug-likeness (QED) is 0.905. The van der Waals surface area contributed by atoms with Gasteiger partial charge in [0.25, 0.3) is 0 Å². The molecule has 19 heavy (non-hydrogen) atoms. The molecular formula is C14H15FN2O2. The van der Waals surface area contributed by atoms with Crippen molar-refractivity contribution in [2.24, 2.45) is 0 Å². The predicted molar refractivity (Wildman–Crippen MR) is 67.2 cm³/mol. The Bertz CT molecular complexity index is 597. The maximum atomic E-state index is 13.2. The summed E-state index contributed by atoms with van der Waals surface area (Å²) in [6.07, 6.45) is 3.14. The largest absolute Gasteiger partial charge is 0.485 e. The number of ether oxygens (including phenoxy) is 1. The lowest BCUT2D eigenvalue weighted by atomic mass is 9.96. The topological polar surface area (TPSA) is 47.3 Å². The van der Waals surface area contributed by atoms with Crippen molar-refractivity contribution in [3.05, 3.63) is 47.5 Å². The van der Waals surface area contributed by atoms with E-state index in [1.54, 1.807) is 16.9 Å². The average molecular weight is 262 g/mol. The molecule has 0 radical (unpaired) electrons. The molecule has 1 aromatic heterocycles. The summed E-state index contributed by atoms with van der Waals surface area (Å²) in [4.78, 5) is 0. The minimum absolute atomic E-state index is 0.287. The second kappa shape index (κ2) is 4.66. The lowest BCUT2D eigenvalue weighted by Crippen LogP contribution is -2.18. The highest BCUT2D eigenvalue weighted by molar-refractivity contribution is 5.38. The Morgan fingerprint density at radius 2 is 2.37 bits per heavy atom. The van der Waals surface area contributed by atoms with Gasteiger partial charge in [-0.1, -0.05) is 0 Å². The first-order valence-electron chi connectivity index (χ1n) is 6.34. The Morgan fingerprint density at radius 1 is 1.53 bits per heavy atom. The van der Waals surface area contributed by atoms with E-state index in [0.29, 0.717) is 17.7 Å². The number of aliphatic hydroxyl groups is 1. The zero-order valence-electron chi connectivity index (χ0n) is 10.6. The zero-order chi connectivity index (χ0) is 13.4. The van der Waals surface area contributed by atoms with E-state index >= 15 is 0 Å². The van der Waals surface area contributed by atoms with Crippen LogP contribution in [0.1, 0.15) is 36.7 Å². The van der Waals surface area contributed by atoms with Gasteiger partial charge in [0.05, 0.1) is 12.3 Å². The number of aromatic nitrogens is 2. The molecule has 0 saturated heterocycles. The monoisotopic (exact) mass is 262 g/mol. The van der Waals surface area contributed by atoms with Crippen molar-refractivity contribution in [1.82, 2.24) is 9.78 Å². The first kappa shape index (κ1) is 12.2. The Morgan fingerprint density at radius 3 is 3.11 bits per heavy atom. The number of halogens is 1. The molecule has 1 unspecified atom stereocenters. The number of rotatable bonds is 2. The van der Waals surface area contributed by atoms with E-state index in [2.05, 4.69) is 5.10 Å². The van der Waals surface area contributed by atoms with Crippen molar-refractivity contribution in [2.75, 3.05) is 0 Å². The number of fused-ring (bicyclic) bond motifs is 1. The Labute approximate surface area is 110 Å². The molecule has 3 rings (SSSR count). The first-order chi connectivity index (χ1) is 9.17. The molecule has 0 aliphatic carbocycles. The molecule has 1 aliphatic rings. The van der Waals surface area contributed by atoms with E-state index in [1.165, 1.54) is 12.1 Å². The smallest absolute Gasteiger partial charge is 0.130 e. The summed E-state index contributed by atoms with van der Waals surface area (Å²) in [5.41, 5.74) is 1.54. The third-order valence-electron chi connectivity index (χ3n) is 3.39. The van der Waals surface area contributed by atoms with Gasteiger partial charge in [-0.25, -0.2) is 4.39 Å². The van der Waals surface area contributed by atoms with Crippen LogP contribution in [0.15, 0.2) is 30.6 Å². The fraction of sp³-hybridized carbons (Fsp3) is 0.357. The maximum absolute atomic E-state index is 13.2. The van der Waals surface area contributed by atoms with Crippen molar-refractivity contribution < 1.29 is 14.2 Å². The van der Waals surface area contributed by atoms with Crippen LogP contribution in [0, 0.1) is 5.82 Å². The second-order valence-corrected chi connectivity index (χ2v) is 4.67. The molecule has 0 bridgehead atoms. The third-order valence-corrected chi connectivity index (χ3v) is 3.39.